The van der Waals surface area contributed by atoms with Crippen molar-refractivity contribution in [1.29, 1.82) is 0 Å². The minimum atomic E-state index is -0.534. The molecule has 28 heavy (non-hydrogen) atoms. The second-order valence-corrected chi connectivity index (χ2v) is 8.21. The summed E-state index contributed by atoms with van der Waals surface area (Å²) in [5, 5.41) is 0. The summed E-state index contributed by atoms with van der Waals surface area (Å²) >= 11 is 0. The standard InChI is InChI=1S/C20H31N6O2/c1-14-15(2)26-16-17(22(3)20(28)23(4)18(16)27)21-19(26)25(14)13-9-12-24-10-7-5-6-8-11-24/h16H,5-13H2,1-4H3/q+1. The lowest BCUT2D eigenvalue weighted by atomic mass is 10.1. The first-order chi connectivity index (χ1) is 13.4. The summed E-state index contributed by atoms with van der Waals surface area (Å²) in [6.45, 7) is 8.50. The molecule has 0 saturated carbocycles. The molecule has 8 nitrogen and oxygen atoms in total. The zero-order valence-corrected chi connectivity index (χ0v) is 17.4. The van der Waals surface area contributed by atoms with Crippen LogP contribution >= 0.6 is 0 Å². The average molecular weight is 388 g/mol. The van der Waals surface area contributed by atoms with E-state index in [0.717, 1.165) is 36.8 Å². The third kappa shape index (κ3) is 2.94. The summed E-state index contributed by atoms with van der Waals surface area (Å²) in [6, 6.07) is -0.860. The number of amides is 3. The first-order valence-corrected chi connectivity index (χ1v) is 10.4. The van der Waals surface area contributed by atoms with Gasteiger partial charge >= 0.3 is 12.0 Å². The van der Waals surface area contributed by atoms with E-state index in [0.29, 0.717) is 5.84 Å². The number of hydrogen-bond donors (Lipinski definition) is 0. The molecule has 2 saturated heterocycles. The molecule has 8 heteroatoms. The summed E-state index contributed by atoms with van der Waals surface area (Å²) in [4.78, 5) is 35.1. The summed E-state index contributed by atoms with van der Waals surface area (Å²) in [5.74, 6) is 1.11. The fourth-order valence-corrected chi connectivity index (χ4v) is 4.66. The summed E-state index contributed by atoms with van der Waals surface area (Å²) in [7, 11) is 3.23. The van der Waals surface area contributed by atoms with Crippen molar-refractivity contribution in [2.75, 3.05) is 33.7 Å². The van der Waals surface area contributed by atoms with Crippen LogP contribution in [0, 0.1) is 13.8 Å². The Balaban J connectivity index is 1.57. The number of nitrogens with zero attached hydrogens (tertiary/aromatic N) is 6. The lowest BCUT2D eigenvalue weighted by Gasteiger charge is -2.30. The number of carbonyl (C=O) groups is 2. The molecule has 0 spiro atoms. The number of aromatic nitrogens is 2. The van der Waals surface area contributed by atoms with E-state index in [1.54, 1.807) is 7.05 Å². The fraction of sp³-hybridized carbons (Fsp3) is 0.700. The van der Waals surface area contributed by atoms with Gasteiger partial charge in [0.25, 0.3) is 5.91 Å². The molecule has 3 aliphatic heterocycles. The van der Waals surface area contributed by atoms with Crippen molar-refractivity contribution in [2.45, 2.75) is 58.5 Å². The zero-order valence-electron chi connectivity index (χ0n) is 17.4. The number of likely N-dealkylation sites (tertiary alicyclic amines) is 1. The number of imide groups is 1. The van der Waals surface area contributed by atoms with Crippen LogP contribution in [0.3, 0.4) is 0 Å². The molecule has 4 rings (SSSR count). The first kappa shape index (κ1) is 19.1. The first-order valence-electron chi connectivity index (χ1n) is 10.4. The number of likely N-dealkylation sites (N-methyl/N-ethyl adjacent to an activating group) is 2. The number of rotatable bonds is 4. The molecule has 3 amide bonds. The Morgan fingerprint density at radius 2 is 1.71 bits per heavy atom. The molecule has 0 bridgehead atoms. The molecule has 1 aromatic heterocycles. The zero-order chi connectivity index (χ0) is 20.0. The van der Waals surface area contributed by atoms with Crippen LogP contribution in [0.25, 0.3) is 0 Å². The fourth-order valence-electron chi connectivity index (χ4n) is 4.66. The number of carbonyl (C=O) groups excluding carboxylic acids is 2. The van der Waals surface area contributed by atoms with E-state index in [1.807, 2.05) is 11.5 Å². The normalized spacial score (nSPS) is 23.0. The van der Waals surface area contributed by atoms with Crippen LogP contribution in [0.4, 0.5) is 10.7 Å². The van der Waals surface area contributed by atoms with Gasteiger partial charge in [-0.05, 0) is 46.2 Å². The van der Waals surface area contributed by atoms with Crippen LogP contribution in [-0.2, 0) is 11.3 Å². The molecule has 152 valence electrons. The van der Waals surface area contributed by atoms with Crippen molar-refractivity contribution in [2.24, 2.45) is 4.99 Å². The van der Waals surface area contributed by atoms with Gasteiger partial charge in [-0.15, -0.1) is 0 Å². The molecule has 2 fully saturated rings. The maximum absolute atomic E-state index is 12.8. The minimum absolute atomic E-state index is 0.213. The Bertz CT molecular complexity index is 834. The molecule has 0 radical (unpaired) electrons. The summed E-state index contributed by atoms with van der Waals surface area (Å²) in [6.07, 6.45) is 6.37. The lowest BCUT2D eigenvalue weighted by Crippen LogP contribution is -2.56. The molecule has 0 aromatic carbocycles. The number of imidazole rings is 1. The van der Waals surface area contributed by atoms with E-state index < -0.39 is 6.04 Å². The molecule has 1 aromatic rings. The Labute approximate surface area is 166 Å². The van der Waals surface area contributed by atoms with Crippen molar-refractivity contribution < 1.29 is 14.2 Å². The molecule has 3 aliphatic rings. The number of aliphatic imine (C=N–C) groups is 1. The Morgan fingerprint density at radius 3 is 2.39 bits per heavy atom. The van der Waals surface area contributed by atoms with E-state index in [-0.39, 0.29) is 11.9 Å². The predicted octanol–water partition coefficient (Wildman–Crippen LogP) is 1.77. The maximum Gasteiger partial charge on any atom is 0.402 e. The van der Waals surface area contributed by atoms with E-state index in [4.69, 9.17) is 4.99 Å². The van der Waals surface area contributed by atoms with Crippen LogP contribution in [0.1, 0.15) is 49.5 Å². The van der Waals surface area contributed by atoms with Crippen LogP contribution in [-0.4, -0.2) is 70.8 Å². The molecule has 1 unspecified atom stereocenters. The Hall–Kier alpha value is -2.22. The molecular weight excluding hydrogens is 356 g/mol. The SMILES string of the molecule is Cc1c(C)[n+](CCCN2CCCCCC2)c2n1C1C(=O)N(C)C(=O)N(C)C1=N2. The third-order valence-corrected chi connectivity index (χ3v) is 6.50. The molecular formula is C20H31N6O2+. The number of amidine groups is 1. The van der Waals surface area contributed by atoms with Gasteiger partial charge in [0.05, 0.1) is 6.54 Å². The highest BCUT2D eigenvalue weighted by atomic mass is 16.2. The van der Waals surface area contributed by atoms with E-state index >= 15 is 0 Å². The van der Waals surface area contributed by atoms with Gasteiger partial charge in [-0.3, -0.25) is 14.6 Å². The molecule has 4 heterocycles. The molecule has 0 N–H and O–H groups in total. The number of fused-ring (bicyclic) bond motifs is 3. The van der Waals surface area contributed by atoms with Crippen LogP contribution < -0.4 is 4.57 Å². The Kier molecular flexibility index (Phi) is 4.99. The lowest BCUT2D eigenvalue weighted by molar-refractivity contribution is -0.689. The minimum Gasteiger partial charge on any atom is -0.303 e. The summed E-state index contributed by atoms with van der Waals surface area (Å²) < 4.78 is 4.21. The highest BCUT2D eigenvalue weighted by molar-refractivity contribution is 6.20. The van der Waals surface area contributed by atoms with Crippen molar-refractivity contribution in [3.8, 4) is 0 Å². The second kappa shape index (κ2) is 7.31. The van der Waals surface area contributed by atoms with Crippen molar-refractivity contribution >= 4 is 23.7 Å². The van der Waals surface area contributed by atoms with E-state index in [9.17, 15) is 9.59 Å². The van der Waals surface area contributed by atoms with Crippen LogP contribution in [0.15, 0.2) is 4.99 Å². The topological polar surface area (TPSA) is 65.0 Å². The smallest absolute Gasteiger partial charge is 0.303 e. The number of hydrogen-bond acceptors (Lipinski definition) is 4. The number of urea groups is 1. The maximum atomic E-state index is 12.8. The molecule has 0 aliphatic carbocycles. The van der Waals surface area contributed by atoms with Gasteiger partial charge < -0.3 is 4.90 Å². The molecule has 1 atom stereocenters. The van der Waals surface area contributed by atoms with Gasteiger partial charge in [0.1, 0.15) is 11.4 Å². The van der Waals surface area contributed by atoms with Crippen molar-refractivity contribution in [3.63, 3.8) is 0 Å². The average Bonchev–Trinajstić information content (AvgIpc) is 3.02. The van der Waals surface area contributed by atoms with Crippen LogP contribution in [0.2, 0.25) is 0 Å². The van der Waals surface area contributed by atoms with E-state index in [1.165, 1.54) is 55.6 Å². The van der Waals surface area contributed by atoms with Crippen LogP contribution in [0.5, 0.6) is 0 Å². The van der Waals surface area contributed by atoms with E-state index in [2.05, 4.69) is 16.4 Å². The van der Waals surface area contributed by atoms with Gasteiger partial charge in [-0.2, -0.15) is 0 Å². The predicted molar refractivity (Wildman–Crippen MR) is 106 cm³/mol. The second-order valence-electron chi connectivity index (χ2n) is 8.21. The monoisotopic (exact) mass is 387 g/mol. The highest BCUT2D eigenvalue weighted by Gasteiger charge is 2.53. The third-order valence-electron chi connectivity index (χ3n) is 6.50. The quantitative estimate of drug-likeness (QED) is 0.740. The van der Waals surface area contributed by atoms with Gasteiger partial charge in [-0.1, -0.05) is 17.8 Å². The van der Waals surface area contributed by atoms with Gasteiger partial charge in [0, 0.05) is 20.6 Å². The van der Waals surface area contributed by atoms with Crippen molar-refractivity contribution in [1.82, 2.24) is 19.3 Å². The van der Waals surface area contributed by atoms with Crippen molar-refractivity contribution in [3.05, 3.63) is 11.4 Å². The van der Waals surface area contributed by atoms with Gasteiger partial charge in [-0.25, -0.2) is 13.9 Å². The van der Waals surface area contributed by atoms with Gasteiger partial charge in [0.2, 0.25) is 11.9 Å². The highest BCUT2D eigenvalue weighted by Crippen LogP contribution is 2.34. The largest absolute Gasteiger partial charge is 0.402 e. The Morgan fingerprint density at radius 1 is 1.04 bits per heavy atom. The summed E-state index contributed by atoms with van der Waals surface area (Å²) in [5.41, 5.74) is 2.18. The van der Waals surface area contributed by atoms with Gasteiger partial charge in [0.15, 0.2) is 0 Å².